The molecule has 0 spiro atoms. The van der Waals surface area contributed by atoms with Gasteiger partial charge >= 0.3 is 0 Å². The van der Waals surface area contributed by atoms with Gasteiger partial charge in [-0.2, -0.15) is 0 Å². The van der Waals surface area contributed by atoms with Crippen molar-refractivity contribution < 1.29 is 14.3 Å². The van der Waals surface area contributed by atoms with Gasteiger partial charge in [0, 0.05) is 11.4 Å². The highest BCUT2D eigenvalue weighted by atomic mass is 32.1. The van der Waals surface area contributed by atoms with Crippen molar-refractivity contribution in [2.75, 3.05) is 14.2 Å². The van der Waals surface area contributed by atoms with E-state index in [4.69, 9.17) is 9.47 Å². The maximum Gasteiger partial charge on any atom is 0.169 e. The Kier molecular flexibility index (Phi) is 3.39. The molecule has 1 aromatic heterocycles. The molecule has 0 amide bonds. The molecule has 0 atom stereocenters. The number of methoxy groups -OCH3 is 2. The van der Waals surface area contributed by atoms with Crippen molar-refractivity contribution in [2.24, 2.45) is 0 Å². The summed E-state index contributed by atoms with van der Waals surface area (Å²) in [5.74, 6) is 1.40. The number of benzene rings is 1. The van der Waals surface area contributed by atoms with Crippen LogP contribution in [-0.4, -0.2) is 25.5 Å². The number of rotatable bonds is 4. The average Bonchev–Trinajstić information content (AvgIpc) is 2.86. The van der Waals surface area contributed by atoms with Crippen LogP contribution in [0.25, 0.3) is 10.6 Å². The van der Waals surface area contributed by atoms with Crippen molar-refractivity contribution >= 4 is 17.6 Å². The van der Waals surface area contributed by atoms with Gasteiger partial charge in [-0.1, -0.05) is 0 Å². The van der Waals surface area contributed by atoms with Crippen LogP contribution in [0.5, 0.6) is 11.5 Å². The smallest absolute Gasteiger partial charge is 0.169 e. The highest BCUT2D eigenvalue weighted by Gasteiger charge is 2.11. The SMILES string of the molecule is COc1ccc(-c2nc(C=O)cs2)c(OC)c1. The summed E-state index contributed by atoms with van der Waals surface area (Å²) in [5.41, 5.74) is 1.29. The Balaban J connectivity index is 2.46. The van der Waals surface area contributed by atoms with Crippen molar-refractivity contribution in [3.63, 3.8) is 0 Å². The standard InChI is InChI=1S/C12H11NO3S/c1-15-9-3-4-10(11(5-9)16-2)12-13-8(6-14)7-17-12/h3-7H,1-2H3. The van der Waals surface area contributed by atoms with E-state index in [1.807, 2.05) is 12.1 Å². The Hall–Kier alpha value is -1.88. The van der Waals surface area contributed by atoms with Crippen molar-refractivity contribution in [3.05, 3.63) is 29.3 Å². The zero-order chi connectivity index (χ0) is 12.3. The second kappa shape index (κ2) is 4.97. The van der Waals surface area contributed by atoms with Gasteiger partial charge in [-0.05, 0) is 12.1 Å². The van der Waals surface area contributed by atoms with Crippen LogP contribution in [0.2, 0.25) is 0 Å². The molecule has 17 heavy (non-hydrogen) atoms. The summed E-state index contributed by atoms with van der Waals surface area (Å²) in [6.45, 7) is 0. The zero-order valence-electron chi connectivity index (χ0n) is 9.47. The number of hydrogen-bond donors (Lipinski definition) is 0. The first-order valence-corrected chi connectivity index (χ1v) is 5.79. The number of nitrogens with zero attached hydrogens (tertiary/aromatic N) is 1. The lowest BCUT2D eigenvalue weighted by Gasteiger charge is -2.07. The van der Waals surface area contributed by atoms with E-state index >= 15 is 0 Å². The topological polar surface area (TPSA) is 48.4 Å². The molecule has 0 saturated heterocycles. The predicted octanol–water partition coefficient (Wildman–Crippen LogP) is 2.64. The number of thiazole rings is 1. The highest BCUT2D eigenvalue weighted by molar-refractivity contribution is 7.13. The molecule has 1 heterocycles. The monoisotopic (exact) mass is 249 g/mol. The fourth-order valence-corrected chi connectivity index (χ4v) is 2.23. The van der Waals surface area contributed by atoms with Gasteiger partial charge in [-0.25, -0.2) is 4.98 Å². The van der Waals surface area contributed by atoms with Gasteiger partial charge in [0.15, 0.2) is 6.29 Å². The maximum absolute atomic E-state index is 10.6. The molecule has 0 bridgehead atoms. The minimum absolute atomic E-state index is 0.433. The molecule has 0 aliphatic rings. The maximum atomic E-state index is 10.6. The summed E-state index contributed by atoms with van der Waals surface area (Å²) in [6.07, 6.45) is 0.732. The quantitative estimate of drug-likeness (QED) is 0.781. The average molecular weight is 249 g/mol. The van der Waals surface area contributed by atoms with Crippen LogP contribution in [0.1, 0.15) is 10.5 Å². The first-order valence-electron chi connectivity index (χ1n) is 4.91. The Bertz CT molecular complexity index is 536. The summed E-state index contributed by atoms with van der Waals surface area (Å²) >= 11 is 1.41. The van der Waals surface area contributed by atoms with Gasteiger partial charge in [-0.3, -0.25) is 4.79 Å². The van der Waals surface area contributed by atoms with Crippen molar-refractivity contribution in [1.82, 2.24) is 4.98 Å². The van der Waals surface area contributed by atoms with E-state index in [2.05, 4.69) is 4.98 Å². The number of ether oxygens (including phenoxy) is 2. The summed E-state index contributed by atoms with van der Waals surface area (Å²) < 4.78 is 10.4. The Labute approximate surface area is 103 Å². The molecule has 0 saturated carbocycles. The van der Waals surface area contributed by atoms with Crippen LogP contribution < -0.4 is 9.47 Å². The van der Waals surface area contributed by atoms with E-state index in [1.165, 1.54) is 11.3 Å². The minimum atomic E-state index is 0.433. The van der Waals surface area contributed by atoms with Crippen molar-refractivity contribution in [3.8, 4) is 22.1 Å². The molecule has 0 radical (unpaired) electrons. The van der Waals surface area contributed by atoms with Crippen molar-refractivity contribution in [2.45, 2.75) is 0 Å². The van der Waals surface area contributed by atoms with E-state index in [-0.39, 0.29) is 0 Å². The van der Waals surface area contributed by atoms with E-state index < -0.39 is 0 Å². The Morgan fingerprint density at radius 2 is 2.12 bits per heavy atom. The highest BCUT2D eigenvalue weighted by Crippen LogP contribution is 2.34. The van der Waals surface area contributed by atoms with Crippen LogP contribution in [0.15, 0.2) is 23.6 Å². The molecular formula is C12H11NO3S. The normalized spacial score (nSPS) is 10.0. The first kappa shape index (κ1) is 11.6. The minimum Gasteiger partial charge on any atom is -0.497 e. The molecule has 2 aromatic rings. The molecule has 0 aliphatic heterocycles. The largest absolute Gasteiger partial charge is 0.497 e. The van der Waals surface area contributed by atoms with Crippen LogP contribution in [0.3, 0.4) is 0 Å². The van der Waals surface area contributed by atoms with Gasteiger partial charge in [-0.15, -0.1) is 11.3 Å². The van der Waals surface area contributed by atoms with Crippen LogP contribution in [0.4, 0.5) is 0 Å². The summed E-state index contributed by atoms with van der Waals surface area (Å²) in [7, 11) is 3.19. The molecule has 0 aliphatic carbocycles. The number of aldehydes is 1. The molecule has 5 heteroatoms. The van der Waals surface area contributed by atoms with Gasteiger partial charge in [0.25, 0.3) is 0 Å². The lowest BCUT2D eigenvalue weighted by atomic mass is 10.2. The van der Waals surface area contributed by atoms with E-state index in [9.17, 15) is 4.79 Å². The third-order valence-electron chi connectivity index (χ3n) is 2.28. The van der Waals surface area contributed by atoms with Gasteiger partial charge in [0.05, 0.1) is 19.8 Å². The number of carbonyl (C=O) groups is 1. The molecular weight excluding hydrogens is 238 g/mol. The second-order valence-corrected chi connectivity index (χ2v) is 4.12. The lowest BCUT2D eigenvalue weighted by Crippen LogP contribution is -1.90. The summed E-state index contributed by atoms with van der Waals surface area (Å²) in [4.78, 5) is 14.8. The van der Waals surface area contributed by atoms with Gasteiger partial charge in [0.2, 0.25) is 0 Å². The van der Waals surface area contributed by atoms with Crippen molar-refractivity contribution in [1.29, 1.82) is 0 Å². The van der Waals surface area contributed by atoms with E-state index in [0.717, 1.165) is 22.6 Å². The van der Waals surface area contributed by atoms with Crippen LogP contribution in [-0.2, 0) is 0 Å². The first-order chi connectivity index (χ1) is 8.28. The molecule has 1 aromatic carbocycles. The van der Waals surface area contributed by atoms with Crippen LogP contribution in [0, 0.1) is 0 Å². The fraction of sp³-hybridized carbons (Fsp3) is 0.167. The summed E-state index contributed by atoms with van der Waals surface area (Å²) in [5, 5.41) is 2.47. The van der Waals surface area contributed by atoms with E-state index in [0.29, 0.717) is 11.4 Å². The predicted molar refractivity (Wildman–Crippen MR) is 66.0 cm³/mol. The number of carbonyl (C=O) groups excluding carboxylic acids is 1. The van der Waals surface area contributed by atoms with E-state index in [1.54, 1.807) is 25.7 Å². The molecule has 0 unspecified atom stereocenters. The van der Waals surface area contributed by atoms with Gasteiger partial charge in [0.1, 0.15) is 22.2 Å². The third kappa shape index (κ3) is 2.29. The Morgan fingerprint density at radius 1 is 1.29 bits per heavy atom. The molecule has 2 rings (SSSR count). The molecule has 4 nitrogen and oxygen atoms in total. The molecule has 88 valence electrons. The number of aromatic nitrogens is 1. The van der Waals surface area contributed by atoms with Crippen LogP contribution >= 0.6 is 11.3 Å². The molecule has 0 fully saturated rings. The molecule has 0 N–H and O–H groups in total. The third-order valence-corrected chi connectivity index (χ3v) is 3.18. The summed E-state index contributed by atoms with van der Waals surface area (Å²) in [6, 6.07) is 5.49. The number of hydrogen-bond acceptors (Lipinski definition) is 5. The zero-order valence-corrected chi connectivity index (χ0v) is 10.3. The van der Waals surface area contributed by atoms with Gasteiger partial charge < -0.3 is 9.47 Å². The lowest BCUT2D eigenvalue weighted by molar-refractivity contribution is 0.111. The fourth-order valence-electron chi connectivity index (χ4n) is 1.44. The second-order valence-electron chi connectivity index (χ2n) is 3.26. The Morgan fingerprint density at radius 3 is 2.71 bits per heavy atom.